The van der Waals surface area contributed by atoms with Gasteiger partial charge in [-0.3, -0.25) is 4.79 Å². The Labute approximate surface area is 127 Å². The largest absolute Gasteiger partial charge is 0.480 e. The van der Waals surface area contributed by atoms with Crippen molar-refractivity contribution in [3.63, 3.8) is 0 Å². The smallest absolute Gasteiger partial charge is 0.317 e. The van der Waals surface area contributed by atoms with Crippen LogP contribution in [0.5, 0.6) is 0 Å². The molecule has 3 rings (SSSR count). The second-order valence-electron chi connectivity index (χ2n) is 5.17. The van der Waals surface area contributed by atoms with Crippen molar-refractivity contribution in [1.29, 1.82) is 0 Å². The first kappa shape index (κ1) is 13.8. The van der Waals surface area contributed by atoms with Crippen LogP contribution in [0.25, 0.3) is 0 Å². The van der Waals surface area contributed by atoms with Crippen molar-refractivity contribution < 1.29 is 9.90 Å². The lowest BCUT2D eigenvalue weighted by molar-refractivity contribution is -0.147. The lowest BCUT2D eigenvalue weighted by atomic mass is 9.68. The van der Waals surface area contributed by atoms with Gasteiger partial charge < -0.3 is 10.4 Å². The van der Waals surface area contributed by atoms with E-state index in [-0.39, 0.29) is 0 Å². The van der Waals surface area contributed by atoms with Crippen molar-refractivity contribution in [3.8, 4) is 0 Å². The third-order valence-electron chi connectivity index (χ3n) is 3.81. The van der Waals surface area contributed by atoms with Crippen molar-refractivity contribution in [2.24, 2.45) is 0 Å². The van der Waals surface area contributed by atoms with E-state index in [0.29, 0.717) is 29.4 Å². The molecule has 0 atom stereocenters. The minimum atomic E-state index is -0.894. The van der Waals surface area contributed by atoms with E-state index in [2.05, 4.69) is 15.3 Å². The van der Waals surface area contributed by atoms with E-state index in [4.69, 9.17) is 11.6 Å². The average Bonchev–Trinajstić information content (AvgIpc) is 2.39. The van der Waals surface area contributed by atoms with Crippen LogP contribution in [0.15, 0.2) is 36.7 Å². The van der Waals surface area contributed by atoms with E-state index < -0.39 is 11.4 Å². The fourth-order valence-corrected chi connectivity index (χ4v) is 2.63. The van der Waals surface area contributed by atoms with Gasteiger partial charge in [0.15, 0.2) is 0 Å². The van der Waals surface area contributed by atoms with Crippen LogP contribution in [-0.4, -0.2) is 21.0 Å². The van der Waals surface area contributed by atoms with Gasteiger partial charge >= 0.3 is 5.97 Å². The van der Waals surface area contributed by atoms with Gasteiger partial charge in [0, 0.05) is 10.7 Å². The SMILES string of the molecule is O=C(O)C1(c2ncc(Nc3cccc(Cl)c3)cn2)CCC1. The molecule has 0 saturated heterocycles. The second-order valence-corrected chi connectivity index (χ2v) is 5.61. The topological polar surface area (TPSA) is 75.1 Å². The molecule has 1 aromatic heterocycles. The summed E-state index contributed by atoms with van der Waals surface area (Å²) < 4.78 is 0. The molecule has 1 heterocycles. The highest BCUT2D eigenvalue weighted by Gasteiger charge is 2.48. The number of benzene rings is 1. The molecule has 1 saturated carbocycles. The van der Waals surface area contributed by atoms with Crippen LogP contribution in [0.3, 0.4) is 0 Å². The van der Waals surface area contributed by atoms with Crippen molar-refractivity contribution in [3.05, 3.63) is 47.5 Å². The molecule has 5 nitrogen and oxygen atoms in total. The van der Waals surface area contributed by atoms with Gasteiger partial charge in [-0.25, -0.2) is 9.97 Å². The summed E-state index contributed by atoms with van der Waals surface area (Å²) >= 11 is 5.92. The standard InChI is InChI=1S/C15H14ClN3O2/c16-10-3-1-4-11(7-10)19-12-8-17-13(18-9-12)15(14(20)21)5-2-6-15/h1,3-4,7-9,19H,2,5-6H2,(H,20,21). The summed E-state index contributed by atoms with van der Waals surface area (Å²) in [7, 11) is 0. The molecule has 6 heteroatoms. The third kappa shape index (κ3) is 2.56. The number of carboxylic acid groups (broad SMARTS) is 1. The predicted molar refractivity (Wildman–Crippen MR) is 79.9 cm³/mol. The fraction of sp³-hybridized carbons (Fsp3) is 0.267. The summed E-state index contributed by atoms with van der Waals surface area (Å²) in [6.45, 7) is 0. The van der Waals surface area contributed by atoms with E-state index in [0.717, 1.165) is 12.1 Å². The molecule has 0 amide bonds. The van der Waals surface area contributed by atoms with Gasteiger partial charge in [0.25, 0.3) is 0 Å². The number of halogens is 1. The van der Waals surface area contributed by atoms with Gasteiger partial charge in [-0.05, 0) is 31.0 Å². The second kappa shape index (κ2) is 5.33. The van der Waals surface area contributed by atoms with Crippen LogP contribution in [0.4, 0.5) is 11.4 Å². The zero-order valence-corrected chi connectivity index (χ0v) is 12.0. The van der Waals surface area contributed by atoms with Gasteiger partial charge in [-0.15, -0.1) is 0 Å². The number of hydrogen-bond donors (Lipinski definition) is 2. The summed E-state index contributed by atoms with van der Waals surface area (Å²) in [5, 5.41) is 13.1. The predicted octanol–water partition coefficient (Wildman–Crippen LogP) is 3.38. The molecule has 2 aromatic rings. The average molecular weight is 304 g/mol. The molecule has 0 unspecified atom stereocenters. The van der Waals surface area contributed by atoms with Gasteiger partial charge in [-0.1, -0.05) is 24.1 Å². The van der Waals surface area contributed by atoms with Crippen molar-refractivity contribution >= 4 is 28.9 Å². The van der Waals surface area contributed by atoms with Gasteiger partial charge in [0.2, 0.25) is 0 Å². The molecule has 0 radical (unpaired) electrons. The molecular weight excluding hydrogens is 290 g/mol. The minimum Gasteiger partial charge on any atom is -0.480 e. The molecular formula is C15H14ClN3O2. The molecule has 1 aliphatic carbocycles. The Balaban J connectivity index is 1.80. The van der Waals surface area contributed by atoms with E-state index in [1.54, 1.807) is 24.5 Å². The maximum absolute atomic E-state index is 11.4. The number of nitrogens with zero attached hydrogens (tertiary/aromatic N) is 2. The number of hydrogen-bond acceptors (Lipinski definition) is 4. The normalized spacial score (nSPS) is 16.0. The number of carbonyl (C=O) groups is 1. The molecule has 2 N–H and O–H groups in total. The lowest BCUT2D eigenvalue weighted by Gasteiger charge is -2.35. The number of carboxylic acids is 1. The quantitative estimate of drug-likeness (QED) is 0.905. The van der Waals surface area contributed by atoms with Crippen LogP contribution in [0.2, 0.25) is 5.02 Å². The van der Waals surface area contributed by atoms with Crippen LogP contribution >= 0.6 is 11.6 Å². The molecule has 108 valence electrons. The molecule has 1 aliphatic rings. The zero-order chi connectivity index (χ0) is 14.9. The van der Waals surface area contributed by atoms with Crippen LogP contribution in [0.1, 0.15) is 25.1 Å². The maximum atomic E-state index is 11.4. The first-order valence-electron chi connectivity index (χ1n) is 6.69. The Morgan fingerprint density at radius 3 is 2.48 bits per heavy atom. The lowest BCUT2D eigenvalue weighted by Crippen LogP contribution is -2.43. The minimum absolute atomic E-state index is 0.387. The maximum Gasteiger partial charge on any atom is 0.317 e. The number of nitrogens with one attached hydrogen (secondary N) is 1. The van der Waals surface area contributed by atoms with Crippen molar-refractivity contribution in [2.75, 3.05) is 5.32 Å². The van der Waals surface area contributed by atoms with Crippen LogP contribution < -0.4 is 5.32 Å². The van der Waals surface area contributed by atoms with Gasteiger partial charge in [-0.2, -0.15) is 0 Å². The number of anilines is 2. The summed E-state index contributed by atoms with van der Waals surface area (Å²) in [5.74, 6) is -0.456. The molecule has 0 aliphatic heterocycles. The van der Waals surface area contributed by atoms with Gasteiger partial charge in [0.1, 0.15) is 11.2 Å². The molecule has 0 bridgehead atoms. The molecule has 1 fully saturated rings. The highest BCUT2D eigenvalue weighted by molar-refractivity contribution is 6.30. The fourth-order valence-electron chi connectivity index (χ4n) is 2.44. The summed E-state index contributed by atoms with van der Waals surface area (Å²) in [5.41, 5.74) is 0.630. The monoisotopic (exact) mass is 303 g/mol. The highest BCUT2D eigenvalue weighted by atomic mass is 35.5. The van der Waals surface area contributed by atoms with Crippen molar-refractivity contribution in [1.82, 2.24) is 9.97 Å². The van der Waals surface area contributed by atoms with E-state index >= 15 is 0 Å². The number of aromatic nitrogens is 2. The van der Waals surface area contributed by atoms with E-state index in [9.17, 15) is 9.90 Å². The Kier molecular flexibility index (Phi) is 3.51. The first-order chi connectivity index (χ1) is 10.1. The molecule has 0 spiro atoms. The summed E-state index contributed by atoms with van der Waals surface area (Å²) in [6, 6.07) is 7.30. The van der Waals surface area contributed by atoms with Crippen LogP contribution in [-0.2, 0) is 10.2 Å². The zero-order valence-electron chi connectivity index (χ0n) is 11.2. The third-order valence-corrected chi connectivity index (χ3v) is 4.04. The summed E-state index contributed by atoms with van der Waals surface area (Å²) in [4.78, 5) is 19.9. The van der Waals surface area contributed by atoms with Crippen LogP contribution in [0, 0.1) is 0 Å². The Hall–Kier alpha value is -2.14. The summed E-state index contributed by atoms with van der Waals surface area (Å²) in [6.07, 6.45) is 5.31. The highest BCUT2D eigenvalue weighted by Crippen LogP contribution is 2.42. The Bertz CT molecular complexity index is 669. The Morgan fingerprint density at radius 1 is 1.24 bits per heavy atom. The number of rotatable bonds is 4. The first-order valence-corrected chi connectivity index (χ1v) is 7.06. The molecule has 1 aromatic carbocycles. The van der Waals surface area contributed by atoms with E-state index in [1.807, 2.05) is 12.1 Å². The number of aliphatic carboxylic acids is 1. The Morgan fingerprint density at radius 2 is 1.95 bits per heavy atom. The van der Waals surface area contributed by atoms with Gasteiger partial charge in [0.05, 0.1) is 18.1 Å². The molecule has 21 heavy (non-hydrogen) atoms. The van der Waals surface area contributed by atoms with E-state index in [1.165, 1.54) is 0 Å². The van der Waals surface area contributed by atoms with Crippen molar-refractivity contribution in [2.45, 2.75) is 24.7 Å².